The van der Waals surface area contributed by atoms with Gasteiger partial charge in [0.15, 0.2) is 5.65 Å². The number of aryl methyl sites for hydroxylation is 2. The monoisotopic (exact) mass is 366 g/mol. The van der Waals surface area contributed by atoms with Crippen LogP contribution in [0.4, 0.5) is 0 Å². The Labute approximate surface area is 159 Å². The van der Waals surface area contributed by atoms with E-state index in [4.69, 9.17) is 9.84 Å². The van der Waals surface area contributed by atoms with E-state index in [1.807, 2.05) is 67.4 Å². The van der Waals surface area contributed by atoms with Crippen LogP contribution in [0, 0.1) is 13.8 Å². The first-order valence-electron chi connectivity index (χ1n) is 9.26. The lowest BCUT2D eigenvalue weighted by atomic mass is 10.0. The van der Waals surface area contributed by atoms with Crippen molar-refractivity contribution in [1.29, 1.82) is 0 Å². The van der Waals surface area contributed by atoms with Crippen LogP contribution in [-0.2, 0) is 11.2 Å². The van der Waals surface area contributed by atoms with E-state index in [9.17, 15) is 4.79 Å². The third-order valence-electron chi connectivity index (χ3n) is 4.80. The Morgan fingerprint density at radius 3 is 2.41 bits per heavy atom. The van der Waals surface area contributed by atoms with Crippen LogP contribution in [0.2, 0.25) is 0 Å². The van der Waals surface area contributed by atoms with Crippen LogP contribution in [0.3, 0.4) is 0 Å². The summed E-state index contributed by atoms with van der Waals surface area (Å²) < 4.78 is 7.09. The van der Waals surface area contributed by atoms with E-state index in [1.165, 1.54) is 0 Å². The summed E-state index contributed by atoms with van der Waals surface area (Å²) in [5.74, 6) is 0.874. The maximum absolute atomic E-state index is 12.8. The number of likely N-dealkylation sites (N-methyl/N-ethyl adjacent to an activating group) is 1. The molecule has 0 atom stereocenters. The Hall–Kier alpha value is -2.89. The van der Waals surface area contributed by atoms with Gasteiger partial charge in [0.05, 0.1) is 19.2 Å². The maximum atomic E-state index is 12.8. The number of fused-ring (bicyclic) bond motifs is 1. The molecule has 0 saturated heterocycles. The molecule has 6 heteroatoms. The van der Waals surface area contributed by atoms with E-state index in [0.29, 0.717) is 13.1 Å². The second-order valence-corrected chi connectivity index (χ2v) is 6.57. The topological polar surface area (TPSA) is 59.7 Å². The number of hydrogen-bond acceptors (Lipinski definition) is 4. The molecule has 0 fully saturated rings. The molecule has 0 unspecified atom stereocenters. The van der Waals surface area contributed by atoms with E-state index in [0.717, 1.165) is 39.6 Å². The van der Waals surface area contributed by atoms with Gasteiger partial charge >= 0.3 is 0 Å². The lowest BCUT2D eigenvalue weighted by Gasteiger charge is -2.18. The number of amides is 1. The first-order chi connectivity index (χ1) is 13.0. The maximum Gasteiger partial charge on any atom is 0.227 e. The highest BCUT2D eigenvalue weighted by molar-refractivity contribution is 5.84. The number of benzene rings is 1. The van der Waals surface area contributed by atoms with Crippen molar-refractivity contribution < 1.29 is 9.53 Å². The van der Waals surface area contributed by atoms with E-state index < -0.39 is 0 Å². The highest BCUT2D eigenvalue weighted by atomic mass is 16.5. The van der Waals surface area contributed by atoms with Crippen LogP contribution in [0.1, 0.15) is 30.8 Å². The smallest absolute Gasteiger partial charge is 0.227 e. The second kappa shape index (κ2) is 7.78. The lowest BCUT2D eigenvalue weighted by Crippen LogP contribution is -2.31. The number of carbonyl (C=O) groups excluding carboxylic acids is 1. The fourth-order valence-electron chi connectivity index (χ4n) is 3.35. The Bertz CT molecular complexity index is 956. The largest absolute Gasteiger partial charge is 0.497 e. The normalized spacial score (nSPS) is 11.0. The molecular formula is C21H26N4O2. The fraction of sp³-hybridized carbons (Fsp3) is 0.381. The average Bonchev–Trinajstić information content (AvgIpc) is 3.01. The van der Waals surface area contributed by atoms with Crippen molar-refractivity contribution in [2.75, 3.05) is 20.2 Å². The highest BCUT2D eigenvalue weighted by Crippen LogP contribution is 2.28. The molecule has 142 valence electrons. The zero-order valence-electron chi connectivity index (χ0n) is 16.6. The minimum atomic E-state index is 0.0885. The van der Waals surface area contributed by atoms with Gasteiger partial charge in [-0.2, -0.15) is 5.10 Å². The van der Waals surface area contributed by atoms with E-state index in [2.05, 4.69) is 4.98 Å². The number of hydrogen-bond donors (Lipinski definition) is 0. The molecule has 1 aromatic carbocycles. The summed E-state index contributed by atoms with van der Waals surface area (Å²) in [6.07, 6.45) is 0.280. The van der Waals surface area contributed by atoms with Gasteiger partial charge in [0.2, 0.25) is 5.91 Å². The molecule has 2 heterocycles. The predicted octanol–water partition coefficient (Wildman–Crippen LogP) is 3.43. The molecule has 0 spiro atoms. The molecule has 0 aliphatic heterocycles. The molecule has 1 amide bonds. The van der Waals surface area contributed by atoms with Gasteiger partial charge in [0.25, 0.3) is 0 Å². The van der Waals surface area contributed by atoms with Crippen molar-refractivity contribution >= 4 is 11.6 Å². The minimum absolute atomic E-state index is 0.0885. The molecule has 0 bridgehead atoms. The van der Waals surface area contributed by atoms with Crippen LogP contribution in [0.5, 0.6) is 5.75 Å². The van der Waals surface area contributed by atoms with Crippen molar-refractivity contribution in [3.63, 3.8) is 0 Å². The summed E-state index contributed by atoms with van der Waals surface area (Å²) in [6.45, 7) is 9.34. The second-order valence-electron chi connectivity index (χ2n) is 6.57. The molecule has 3 rings (SSSR count). The summed E-state index contributed by atoms with van der Waals surface area (Å²) in [4.78, 5) is 19.3. The first-order valence-corrected chi connectivity index (χ1v) is 9.26. The van der Waals surface area contributed by atoms with Gasteiger partial charge in [0, 0.05) is 35.6 Å². The number of nitrogens with zero attached hydrogens (tertiary/aromatic N) is 4. The third-order valence-corrected chi connectivity index (χ3v) is 4.80. The van der Waals surface area contributed by atoms with Crippen molar-refractivity contribution in [2.45, 2.75) is 34.1 Å². The average molecular weight is 366 g/mol. The van der Waals surface area contributed by atoms with Crippen molar-refractivity contribution in [3.05, 3.63) is 47.3 Å². The first kappa shape index (κ1) is 18.9. The molecule has 27 heavy (non-hydrogen) atoms. The number of carbonyl (C=O) groups is 1. The summed E-state index contributed by atoms with van der Waals surface area (Å²) in [5, 5.41) is 4.79. The molecule has 2 aromatic heterocycles. The zero-order chi connectivity index (χ0) is 19.6. The standard InChI is InChI=1S/C21H26N4O2/c1-6-24(7-2)19(26)13-18-20(16-8-10-17(27-5)11-9-16)23-25-15(4)12-14(3)22-21(18)25/h8-12H,6-7,13H2,1-5H3. The molecule has 0 radical (unpaired) electrons. The number of methoxy groups -OCH3 is 1. The Balaban J connectivity index is 2.16. The summed E-state index contributed by atoms with van der Waals surface area (Å²) in [7, 11) is 1.64. The minimum Gasteiger partial charge on any atom is -0.497 e. The van der Waals surface area contributed by atoms with Gasteiger partial charge < -0.3 is 9.64 Å². The number of ether oxygens (including phenoxy) is 1. The fourth-order valence-corrected chi connectivity index (χ4v) is 3.35. The lowest BCUT2D eigenvalue weighted by molar-refractivity contribution is -0.130. The zero-order valence-corrected chi connectivity index (χ0v) is 16.6. The van der Waals surface area contributed by atoms with Crippen molar-refractivity contribution in [1.82, 2.24) is 19.5 Å². The molecule has 6 nitrogen and oxygen atoms in total. The Morgan fingerprint density at radius 2 is 1.81 bits per heavy atom. The highest BCUT2D eigenvalue weighted by Gasteiger charge is 2.21. The summed E-state index contributed by atoms with van der Waals surface area (Å²) >= 11 is 0. The molecule has 0 aliphatic rings. The van der Waals surface area contributed by atoms with Gasteiger partial charge in [-0.05, 0) is 58.0 Å². The molecule has 0 N–H and O–H groups in total. The van der Waals surface area contributed by atoms with Crippen LogP contribution in [-0.4, -0.2) is 45.6 Å². The van der Waals surface area contributed by atoms with Gasteiger partial charge in [-0.15, -0.1) is 0 Å². The van der Waals surface area contributed by atoms with Gasteiger partial charge in [-0.3, -0.25) is 4.79 Å². The SMILES string of the molecule is CCN(CC)C(=O)Cc1c(-c2ccc(OC)cc2)nn2c(C)cc(C)nc12. The summed E-state index contributed by atoms with van der Waals surface area (Å²) in [5.41, 5.74) is 5.26. The Morgan fingerprint density at radius 1 is 1.15 bits per heavy atom. The molecule has 0 saturated carbocycles. The van der Waals surface area contributed by atoms with Crippen molar-refractivity contribution in [3.8, 4) is 17.0 Å². The van der Waals surface area contributed by atoms with Gasteiger partial charge in [-0.1, -0.05) is 0 Å². The van der Waals surface area contributed by atoms with Crippen molar-refractivity contribution in [2.24, 2.45) is 0 Å². The van der Waals surface area contributed by atoms with Crippen LogP contribution >= 0.6 is 0 Å². The van der Waals surface area contributed by atoms with Crippen LogP contribution in [0.15, 0.2) is 30.3 Å². The summed E-state index contributed by atoms with van der Waals surface area (Å²) in [6, 6.07) is 9.73. The number of aromatic nitrogens is 3. The predicted molar refractivity (Wildman–Crippen MR) is 106 cm³/mol. The van der Waals surface area contributed by atoms with E-state index >= 15 is 0 Å². The number of rotatable bonds is 6. The van der Waals surface area contributed by atoms with Crippen LogP contribution in [0.25, 0.3) is 16.9 Å². The van der Waals surface area contributed by atoms with Gasteiger partial charge in [0.1, 0.15) is 5.75 Å². The molecule has 0 aliphatic carbocycles. The van der Waals surface area contributed by atoms with E-state index in [1.54, 1.807) is 7.11 Å². The van der Waals surface area contributed by atoms with Crippen LogP contribution < -0.4 is 4.74 Å². The molecule has 3 aromatic rings. The van der Waals surface area contributed by atoms with Gasteiger partial charge in [-0.25, -0.2) is 9.50 Å². The van der Waals surface area contributed by atoms with E-state index in [-0.39, 0.29) is 12.3 Å². The quantitative estimate of drug-likeness (QED) is 0.671. The third kappa shape index (κ3) is 3.65. The Kier molecular flexibility index (Phi) is 5.44. The molecular weight excluding hydrogens is 340 g/mol.